The normalized spacial score (nSPS) is 12.9. The van der Waals surface area contributed by atoms with E-state index in [2.05, 4.69) is 51.5 Å². The van der Waals surface area contributed by atoms with Crippen LogP contribution in [0.15, 0.2) is 51.6 Å². The molecule has 0 radical (unpaired) electrons. The Morgan fingerprint density at radius 1 is 1.00 bits per heavy atom. The fourth-order valence-electron chi connectivity index (χ4n) is 2.05. The van der Waals surface area contributed by atoms with Crippen LogP contribution in [0.1, 0.15) is 0 Å². The number of benzene rings is 2. The van der Waals surface area contributed by atoms with Gasteiger partial charge in [0.25, 0.3) is 0 Å². The zero-order chi connectivity index (χ0) is 11.2. The van der Waals surface area contributed by atoms with Gasteiger partial charge in [0.1, 0.15) is 0 Å². The fraction of sp³-hybridized carbons (Fsp3) is 0. The summed E-state index contributed by atoms with van der Waals surface area (Å²) in [7, 11) is 0. The van der Waals surface area contributed by atoms with E-state index in [4.69, 9.17) is 0 Å². The van der Waals surface area contributed by atoms with Crippen LogP contribution in [0.3, 0.4) is 0 Å². The molecule has 82 valence electrons. The van der Waals surface area contributed by atoms with Crippen molar-refractivity contribution in [3.8, 4) is 0 Å². The highest BCUT2D eigenvalue weighted by Gasteiger charge is 2.17. The van der Waals surface area contributed by atoms with E-state index in [1.54, 1.807) is 0 Å². The molecule has 0 bridgehead atoms. The number of aromatic nitrogens is 1. The largest absolute Gasteiger partial charge is 0.353 e. The van der Waals surface area contributed by atoms with E-state index in [0.717, 1.165) is 5.52 Å². The van der Waals surface area contributed by atoms with Crippen LogP contribution in [0.2, 0.25) is 0 Å². The summed E-state index contributed by atoms with van der Waals surface area (Å²) in [5.41, 5.74) is 3.45. The van der Waals surface area contributed by atoms with Crippen molar-refractivity contribution in [1.29, 1.82) is 0 Å². The van der Waals surface area contributed by atoms with Crippen molar-refractivity contribution in [1.82, 2.24) is 4.37 Å². The first kappa shape index (κ1) is 9.50. The molecule has 4 heteroatoms. The monoisotopic (exact) mass is 256 g/mol. The SMILES string of the molecule is c1ccc2c(c1)Nc1c(ccc3nscc13)S2. The molecule has 0 unspecified atom stereocenters. The molecule has 1 N–H and O–H groups in total. The number of anilines is 2. The van der Waals surface area contributed by atoms with Crippen molar-refractivity contribution >= 4 is 45.6 Å². The highest BCUT2D eigenvalue weighted by Crippen LogP contribution is 2.46. The van der Waals surface area contributed by atoms with Gasteiger partial charge in [0.2, 0.25) is 0 Å². The Morgan fingerprint density at radius 2 is 1.94 bits per heavy atom. The van der Waals surface area contributed by atoms with E-state index in [1.165, 1.54) is 38.1 Å². The number of nitrogens with one attached hydrogen (secondary N) is 1. The van der Waals surface area contributed by atoms with Crippen molar-refractivity contribution in [3.05, 3.63) is 41.8 Å². The molecule has 1 aliphatic heterocycles. The van der Waals surface area contributed by atoms with Gasteiger partial charge in [0.05, 0.1) is 16.9 Å². The summed E-state index contributed by atoms with van der Waals surface area (Å²) in [5.74, 6) is 0. The van der Waals surface area contributed by atoms with Crippen molar-refractivity contribution in [2.75, 3.05) is 5.32 Å². The van der Waals surface area contributed by atoms with Crippen molar-refractivity contribution in [2.24, 2.45) is 0 Å². The molecule has 4 rings (SSSR count). The highest BCUT2D eigenvalue weighted by molar-refractivity contribution is 7.99. The molecule has 2 heterocycles. The third-order valence-corrected chi connectivity index (χ3v) is 4.65. The topological polar surface area (TPSA) is 24.9 Å². The molecule has 2 aromatic carbocycles. The third-order valence-electron chi connectivity index (χ3n) is 2.87. The van der Waals surface area contributed by atoms with Gasteiger partial charge in [-0.1, -0.05) is 23.9 Å². The predicted octanol–water partition coefficient (Wildman–Crippen LogP) is 4.50. The molecule has 3 aromatic rings. The average molecular weight is 256 g/mol. The second kappa shape index (κ2) is 3.48. The lowest BCUT2D eigenvalue weighted by atomic mass is 10.2. The van der Waals surface area contributed by atoms with Gasteiger partial charge in [-0.25, -0.2) is 0 Å². The highest BCUT2D eigenvalue weighted by atomic mass is 32.2. The Balaban J connectivity index is 1.98. The Kier molecular flexibility index (Phi) is 1.95. The van der Waals surface area contributed by atoms with Crippen molar-refractivity contribution < 1.29 is 0 Å². The average Bonchev–Trinajstić information content (AvgIpc) is 2.85. The fourth-order valence-corrected chi connectivity index (χ4v) is 3.73. The number of rotatable bonds is 0. The van der Waals surface area contributed by atoms with E-state index < -0.39 is 0 Å². The van der Waals surface area contributed by atoms with Crippen LogP contribution in [0.5, 0.6) is 0 Å². The van der Waals surface area contributed by atoms with Gasteiger partial charge in [-0.15, -0.1) is 0 Å². The van der Waals surface area contributed by atoms with Crippen molar-refractivity contribution in [3.63, 3.8) is 0 Å². The lowest BCUT2D eigenvalue weighted by Gasteiger charge is -2.20. The molecule has 0 saturated carbocycles. The van der Waals surface area contributed by atoms with Crippen LogP contribution in [0, 0.1) is 0 Å². The predicted molar refractivity (Wildman–Crippen MR) is 73.5 cm³/mol. The van der Waals surface area contributed by atoms with E-state index in [9.17, 15) is 0 Å². The molecule has 1 aliphatic rings. The van der Waals surface area contributed by atoms with E-state index in [0.29, 0.717) is 0 Å². The lowest BCUT2D eigenvalue weighted by molar-refractivity contribution is 1.33. The van der Waals surface area contributed by atoms with Gasteiger partial charge in [-0.2, -0.15) is 4.37 Å². The van der Waals surface area contributed by atoms with Crippen LogP contribution in [0.25, 0.3) is 10.9 Å². The third kappa shape index (κ3) is 1.38. The van der Waals surface area contributed by atoms with Crippen molar-refractivity contribution in [2.45, 2.75) is 9.79 Å². The minimum Gasteiger partial charge on any atom is -0.353 e. The van der Waals surface area contributed by atoms with E-state index in [1.807, 2.05) is 11.8 Å². The first-order chi connectivity index (χ1) is 8.42. The molecule has 17 heavy (non-hydrogen) atoms. The van der Waals surface area contributed by atoms with Crippen LogP contribution < -0.4 is 5.32 Å². The van der Waals surface area contributed by atoms with Gasteiger partial charge in [0.15, 0.2) is 0 Å². The molecule has 2 nitrogen and oxygen atoms in total. The first-order valence-corrected chi connectivity index (χ1v) is 6.98. The smallest absolute Gasteiger partial charge is 0.0862 e. The number of hydrogen-bond acceptors (Lipinski definition) is 4. The van der Waals surface area contributed by atoms with Gasteiger partial charge in [-0.3, -0.25) is 0 Å². The number of hydrogen-bond donors (Lipinski definition) is 1. The zero-order valence-corrected chi connectivity index (χ0v) is 10.4. The van der Waals surface area contributed by atoms with Crippen LogP contribution in [-0.2, 0) is 0 Å². The maximum Gasteiger partial charge on any atom is 0.0862 e. The molecule has 0 fully saturated rings. The molecule has 1 aromatic heterocycles. The summed E-state index contributed by atoms with van der Waals surface area (Å²) in [6, 6.07) is 12.6. The van der Waals surface area contributed by atoms with Crippen LogP contribution in [-0.4, -0.2) is 4.37 Å². The zero-order valence-electron chi connectivity index (χ0n) is 8.81. The Bertz CT molecular complexity index is 718. The molecule has 0 spiro atoms. The molecular formula is C13H8N2S2. The second-order valence-corrected chi connectivity index (χ2v) is 5.62. The summed E-state index contributed by atoms with van der Waals surface area (Å²) < 4.78 is 4.38. The molecule has 0 aliphatic carbocycles. The first-order valence-electron chi connectivity index (χ1n) is 5.33. The van der Waals surface area contributed by atoms with Gasteiger partial charge < -0.3 is 5.32 Å². The molecular weight excluding hydrogens is 248 g/mol. The maximum atomic E-state index is 4.38. The molecule has 0 saturated heterocycles. The summed E-state index contributed by atoms with van der Waals surface area (Å²) in [6.45, 7) is 0. The van der Waals surface area contributed by atoms with Gasteiger partial charge in [0, 0.05) is 20.6 Å². The van der Waals surface area contributed by atoms with E-state index in [-0.39, 0.29) is 0 Å². The minimum absolute atomic E-state index is 1.07. The Labute approximate surface area is 107 Å². The summed E-state index contributed by atoms with van der Waals surface area (Å²) in [5, 5.41) is 6.84. The van der Waals surface area contributed by atoms with E-state index >= 15 is 0 Å². The Hall–Kier alpha value is -1.52. The minimum atomic E-state index is 1.07. The lowest BCUT2D eigenvalue weighted by Crippen LogP contribution is -1.99. The van der Waals surface area contributed by atoms with Gasteiger partial charge in [-0.05, 0) is 35.8 Å². The molecule has 0 amide bonds. The molecule has 0 atom stereocenters. The maximum absolute atomic E-state index is 4.38. The summed E-state index contributed by atoms with van der Waals surface area (Å²) in [6.07, 6.45) is 0. The Morgan fingerprint density at radius 3 is 2.94 bits per heavy atom. The summed E-state index contributed by atoms with van der Waals surface area (Å²) >= 11 is 3.32. The van der Waals surface area contributed by atoms with Gasteiger partial charge >= 0.3 is 0 Å². The number of nitrogens with zero attached hydrogens (tertiary/aromatic N) is 1. The quantitative estimate of drug-likeness (QED) is 0.501. The summed E-state index contributed by atoms with van der Waals surface area (Å²) in [4.78, 5) is 2.55. The number of para-hydroxylation sites is 1. The van der Waals surface area contributed by atoms with Crippen LogP contribution >= 0.6 is 23.3 Å². The number of fused-ring (bicyclic) bond motifs is 4. The standard InChI is InChI=1S/C13H8N2S2/c1-2-4-11-10(3-1)14-13-8-7-16-15-9(8)5-6-12(13)17-11/h1-7,14H. The van der Waals surface area contributed by atoms with Crippen LogP contribution in [0.4, 0.5) is 11.4 Å². The second-order valence-electron chi connectivity index (χ2n) is 3.91.